The number of pyridine rings is 1. The highest BCUT2D eigenvalue weighted by Gasteiger charge is 2.26. The van der Waals surface area contributed by atoms with E-state index in [0.717, 1.165) is 10.6 Å². The first kappa shape index (κ1) is 17.3. The van der Waals surface area contributed by atoms with E-state index in [1.165, 1.54) is 11.3 Å². The van der Waals surface area contributed by atoms with Crippen molar-refractivity contribution in [3.8, 4) is 0 Å². The Morgan fingerprint density at radius 2 is 2.08 bits per heavy atom. The Hall–Kier alpha value is -2.48. The number of carbonyl (C=O) groups excluding carboxylic acids is 2. The van der Waals surface area contributed by atoms with E-state index in [1.54, 1.807) is 29.3 Å². The summed E-state index contributed by atoms with van der Waals surface area (Å²) >= 11 is 1.40. The molecule has 1 aliphatic rings. The smallest absolute Gasteiger partial charge is 0.318 e. The highest BCUT2D eigenvalue weighted by atomic mass is 32.1. The van der Waals surface area contributed by atoms with Crippen molar-refractivity contribution in [1.82, 2.24) is 20.2 Å². The lowest BCUT2D eigenvalue weighted by atomic mass is 10.1. The lowest BCUT2D eigenvalue weighted by Crippen LogP contribution is -2.49. The van der Waals surface area contributed by atoms with Crippen LogP contribution in [0.3, 0.4) is 0 Å². The number of aromatic nitrogens is 2. The zero-order valence-corrected chi connectivity index (χ0v) is 15.3. The molecule has 2 aromatic rings. The van der Waals surface area contributed by atoms with Gasteiger partial charge < -0.3 is 10.2 Å². The summed E-state index contributed by atoms with van der Waals surface area (Å²) in [7, 11) is 0. The molecule has 0 atom stereocenters. The Bertz CT molecular complexity index is 782. The normalized spacial score (nSPS) is 14.0. The number of fused-ring (bicyclic) bond motifs is 1. The molecule has 3 rings (SSSR count). The monoisotopic (exact) mass is 359 g/mol. The third kappa shape index (κ3) is 4.33. The summed E-state index contributed by atoms with van der Waals surface area (Å²) in [4.78, 5) is 35.8. The van der Waals surface area contributed by atoms with Gasteiger partial charge in [-0.3, -0.25) is 15.1 Å². The van der Waals surface area contributed by atoms with Gasteiger partial charge in [-0.15, -0.1) is 0 Å². The molecule has 0 unspecified atom stereocenters. The van der Waals surface area contributed by atoms with Crippen molar-refractivity contribution in [2.45, 2.75) is 39.3 Å². The SMILES string of the molecule is CC(C)(C)NC(=O)N1CCc2nc(NC(=O)c3ccccn3)sc2C1. The molecule has 0 spiro atoms. The number of urea groups is 1. The van der Waals surface area contributed by atoms with Gasteiger partial charge in [-0.2, -0.15) is 0 Å². The minimum Gasteiger partial charge on any atom is -0.333 e. The highest BCUT2D eigenvalue weighted by molar-refractivity contribution is 7.15. The molecule has 0 saturated carbocycles. The molecule has 132 valence electrons. The van der Waals surface area contributed by atoms with Gasteiger partial charge in [-0.25, -0.2) is 9.78 Å². The first-order valence-electron chi connectivity index (χ1n) is 8.10. The molecule has 2 aromatic heterocycles. The maximum atomic E-state index is 12.3. The molecule has 0 aromatic carbocycles. The molecular formula is C17H21N5O2S. The summed E-state index contributed by atoms with van der Waals surface area (Å²) < 4.78 is 0. The zero-order chi connectivity index (χ0) is 18.0. The summed E-state index contributed by atoms with van der Waals surface area (Å²) in [6.45, 7) is 7.00. The van der Waals surface area contributed by atoms with E-state index in [1.807, 2.05) is 20.8 Å². The molecule has 8 heteroatoms. The summed E-state index contributed by atoms with van der Waals surface area (Å²) in [6, 6.07) is 5.10. The van der Waals surface area contributed by atoms with E-state index in [2.05, 4.69) is 20.6 Å². The fraction of sp³-hybridized carbons (Fsp3) is 0.412. The molecular weight excluding hydrogens is 338 g/mol. The molecule has 0 aliphatic carbocycles. The fourth-order valence-electron chi connectivity index (χ4n) is 2.48. The second kappa shape index (κ2) is 6.79. The number of nitrogens with zero attached hydrogens (tertiary/aromatic N) is 3. The quantitative estimate of drug-likeness (QED) is 0.863. The van der Waals surface area contributed by atoms with Crippen LogP contribution in [0.25, 0.3) is 0 Å². The minimum absolute atomic E-state index is 0.0781. The van der Waals surface area contributed by atoms with Crippen molar-refractivity contribution in [2.75, 3.05) is 11.9 Å². The second-order valence-corrected chi connectivity index (χ2v) is 7.99. The lowest BCUT2D eigenvalue weighted by Gasteiger charge is -2.30. The van der Waals surface area contributed by atoms with Crippen LogP contribution in [0, 0.1) is 0 Å². The molecule has 7 nitrogen and oxygen atoms in total. The van der Waals surface area contributed by atoms with E-state index in [-0.39, 0.29) is 17.5 Å². The third-order valence-corrected chi connectivity index (χ3v) is 4.62. The van der Waals surface area contributed by atoms with Gasteiger partial charge in [0.25, 0.3) is 5.91 Å². The van der Waals surface area contributed by atoms with Crippen LogP contribution < -0.4 is 10.6 Å². The van der Waals surface area contributed by atoms with E-state index >= 15 is 0 Å². The maximum absolute atomic E-state index is 12.3. The second-order valence-electron chi connectivity index (χ2n) is 6.91. The van der Waals surface area contributed by atoms with Crippen molar-refractivity contribution in [3.63, 3.8) is 0 Å². The fourth-order valence-corrected chi connectivity index (χ4v) is 3.50. The Kier molecular flexibility index (Phi) is 4.71. The molecule has 25 heavy (non-hydrogen) atoms. The summed E-state index contributed by atoms with van der Waals surface area (Å²) in [6.07, 6.45) is 2.26. The molecule has 0 saturated heterocycles. The van der Waals surface area contributed by atoms with Crippen LogP contribution in [0.15, 0.2) is 24.4 Å². The average Bonchev–Trinajstić information content (AvgIpc) is 2.95. The van der Waals surface area contributed by atoms with Crippen molar-refractivity contribution in [2.24, 2.45) is 0 Å². The van der Waals surface area contributed by atoms with Gasteiger partial charge in [0.05, 0.1) is 12.2 Å². The number of amides is 3. The van der Waals surface area contributed by atoms with E-state index in [4.69, 9.17) is 0 Å². The molecule has 3 amide bonds. The Morgan fingerprint density at radius 1 is 1.28 bits per heavy atom. The van der Waals surface area contributed by atoms with Crippen LogP contribution in [0.1, 0.15) is 41.8 Å². The Balaban J connectivity index is 1.67. The maximum Gasteiger partial charge on any atom is 0.318 e. The summed E-state index contributed by atoms with van der Waals surface area (Å²) in [5.41, 5.74) is 1.02. The third-order valence-electron chi connectivity index (χ3n) is 3.62. The van der Waals surface area contributed by atoms with Gasteiger partial charge in [0.1, 0.15) is 5.69 Å². The molecule has 1 aliphatic heterocycles. The molecule has 0 bridgehead atoms. The minimum atomic E-state index is -0.283. The van der Waals surface area contributed by atoms with Crippen molar-refractivity contribution < 1.29 is 9.59 Å². The van der Waals surface area contributed by atoms with Crippen molar-refractivity contribution in [3.05, 3.63) is 40.7 Å². The highest BCUT2D eigenvalue weighted by Crippen LogP contribution is 2.28. The number of nitrogens with one attached hydrogen (secondary N) is 2. The number of rotatable bonds is 2. The van der Waals surface area contributed by atoms with E-state index in [9.17, 15) is 9.59 Å². The number of anilines is 1. The van der Waals surface area contributed by atoms with Crippen LogP contribution >= 0.6 is 11.3 Å². The first-order chi connectivity index (χ1) is 11.8. The van der Waals surface area contributed by atoms with Crippen LogP contribution in [-0.2, 0) is 13.0 Å². The number of hydrogen-bond acceptors (Lipinski definition) is 5. The van der Waals surface area contributed by atoms with Gasteiger partial charge in [0, 0.05) is 29.6 Å². The van der Waals surface area contributed by atoms with Gasteiger partial charge in [-0.1, -0.05) is 17.4 Å². The largest absolute Gasteiger partial charge is 0.333 e. The standard InChI is InChI=1S/C17H21N5O2S/c1-17(2,3)21-16(24)22-9-7-11-13(10-22)25-15(19-11)20-14(23)12-6-4-5-8-18-12/h4-6,8H,7,9-10H2,1-3H3,(H,21,24)(H,19,20,23). The van der Waals surface area contributed by atoms with E-state index in [0.29, 0.717) is 30.3 Å². The van der Waals surface area contributed by atoms with Gasteiger partial charge in [0.2, 0.25) is 0 Å². The summed E-state index contributed by atoms with van der Waals surface area (Å²) in [5.74, 6) is -0.283. The van der Waals surface area contributed by atoms with Gasteiger partial charge in [-0.05, 0) is 32.9 Å². The van der Waals surface area contributed by atoms with Crippen LogP contribution in [0.5, 0.6) is 0 Å². The first-order valence-corrected chi connectivity index (χ1v) is 8.91. The lowest BCUT2D eigenvalue weighted by molar-refractivity contribution is 0.102. The number of thiazole rings is 1. The van der Waals surface area contributed by atoms with Crippen LogP contribution in [0.2, 0.25) is 0 Å². The molecule has 3 heterocycles. The topological polar surface area (TPSA) is 87.2 Å². The number of hydrogen-bond donors (Lipinski definition) is 2. The van der Waals surface area contributed by atoms with Crippen molar-refractivity contribution >= 4 is 28.4 Å². The van der Waals surface area contributed by atoms with Crippen LogP contribution in [-0.4, -0.2) is 38.9 Å². The summed E-state index contributed by atoms with van der Waals surface area (Å²) in [5, 5.41) is 6.30. The average molecular weight is 359 g/mol. The van der Waals surface area contributed by atoms with Gasteiger partial charge >= 0.3 is 6.03 Å². The molecule has 0 radical (unpaired) electrons. The van der Waals surface area contributed by atoms with Crippen LogP contribution in [0.4, 0.5) is 9.93 Å². The van der Waals surface area contributed by atoms with Gasteiger partial charge in [0.15, 0.2) is 5.13 Å². The predicted molar refractivity (Wildman–Crippen MR) is 96.7 cm³/mol. The Labute approximate surface area is 150 Å². The van der Waals surface area contributed by atoms with Crippen molar-refractivity contribution in [1.29, 1.82) is 0 Å². The predicted octanol–water partition coefficient (Wildman–Crippen LogP) is 2.66. The Morgan fingerprint density at radius 3 is 2.76 bits per heavy atom. The van der Waals surface area contributed by atoms with E-state index < -0.39 is 0 Å². The molecule has 2 N–H and O–H groups in total. The molecule has 0 fully saturated rings. The number of carbonyl (C=O) groups is 2. The zero-order valence-electron chi connectivity index (χ0n) is 14.5.